The predicted octanol–water partition coefficient (Wildman–Crippen LogP) is 2.06. The molecule has 1 amide bonds. The van der Waals surface area contributed by atoms with Crippen molar-refractivity contribution in [1.82, 2.24) is 9.88 Å². The normalized spacial score (nSPS) is 11.9. The van der Waals surface area contributed by atoms with Gasteiger partial charge in [0.25, 0.3) is 5.91 Å². The van der Waals surface area contributed by atoms with E-state index < -0.39 is 6.10 Å². The molecule has 1 N–H and O–H groups in total. The van der Waals surface area contributed by atoms with Gasteiger partial charge < -0.3 is 10.0 Å². The lowest BCUT2D eigenvalue weighted by Gasteiger charge is -2.12. The van der Waals surface area contributed by atoms with E-state index in [4.69, 9.17) is 0 Å². The largest absolute Gasteiger partial charge is 0.386 e. The van der Waals surface area contributed by atoms with Gasteiger partial charge >= 0.3 is 0 Å². The highest BCUT2D eigenvalue weighted by atomic mass is 16.3. The van der Waals surface area contributed by atoms with Crippen LogP contribution >= 0.6 is 0 Å². The number of amides is 1. The number of aromatic nitrogens is 1. The Balaban J connectivity index is 2.08. The van der Waals surface area contributed by atoms with Crippen molar-refractivity contribution < 1.29 is 9.90 Å². The van der Waals surface area contributed by atoms with Gasteiger partial charge in [0.05, 0.1) is 17.4 Å². The van der Waals surface area contributed by atoms with Gasteiger partial charge in [-0.3, -0.25) is 9.78 Å². The fraction of sp³-hybridized carbons (Fsp3) is 0.250. The van der Waals surface area contributed by atoms with Crippen LogP contribution in [-0.4, -0.2) is 35.0 Å². The minimum absolute atomic E-state index is 0.0957. The molecule has 4 nitrogen and oxygen atoms in total. The van der Waals surface area contributed by atoms with Gasteiger partial charge in [-0.25, -0.2) is 0 Å². The molecule has 0 bridgehead atoms. The number of nitrogens with zero attached hydrogens (tertiary/aromatic N) is 2. The molecular formula is C16H18N2O2. The number of pyridine rings is 1. The van der Waals surface area contributed by atoms with E-state index in [9.17, 15) is 9.90 Å². The maximum atomic E-state index is 11.7. The average Bonchev–Trinajstić information content (AvgIpc) is 2.47. The highest BCUT2D eigenvalue weighted by Gasteiger charge is 2.12. The molecule has 104 valence electrons. The van der Waals surface area contributed by atoms with E-state index in [1.165, 1.54) is 11.1 Å². The number of aliphatic hydroxyl groups excluding tert-OH is 1. The summed E-state index contributed by atoms with van der Waals surface area (Å²) in [6, 6.07) is 13.1. The molecule has 1 atom stereocenters. The molecule has 0 aliphatic carbocycles. The summed E-state index contributed by atoms with van der Waals surface area (Å²) in [4.78, 5) is 17.4. The molecule has 1 heterocycles. The van der Waals surface area contributed by atoms with Gasteiger partial charge in [-0.2, -0.15) is 0 Å². The fourth-order valence-electron chi connectivity index (χ4n) is 1.93. The average molecular weight is 270 g/mol. The number of benzene rings is 1. The maximum Gasteiger partial charge on any atom is 0.254 e. The molecule has 0 aliphatic rings. The second-order valence-corrected chi connectivity index (χ2v) is 4.88. The molecule has 2 aromatic rings. The lowest BCUT2D eigenvalue weighted by molar-refractivity contribution is 0.0827. The number of hydrogen-bond acceptors (Lipinski definition) is 3. The quantitative estimate of drug-likeness (QED) is 0.925. The first-order valence-corrected chi connectivity index (χ1v) is 6.47. The zero-order valence-electron chi connectivity index (χ0n) is 11.7. The minimum Gasteiger partial charge on any atom is -0.386 e. The number of carbonyl (C=O) groups is 1. The fourth-order valence-corrected chi connectivity index (χ4v) is 1.93. The molecule has 2 rings (SSSR count). The summed E-state index contributed by atoms with van der Waals surface area (Å²) in [7, 11) is 3.39. The van der Waals surface area contributed by atoms with Crippen molar-refractivity contribution >= 4 is 5.91 Å². The van der Waals surface area contributed by atoms with Crippen LogP contribution in [0.5, 0.6) is 0 Å². The SMILES string of the molecule is CN(C)C(=O)c1ccc(C(O)Cc2ccccc2)nc1. The highest BCUT2D eigenvalue weighted by molar-refractivity contribution is 5.93. The molecule has 0 saturated heterocycles. The number of aliphatic hydroxyl groups is 1. The second-order valence-electron chi connectivity index (χ2n) is 4.88. The summed E-state index contributed by atoms with van der Waals surface area (Å²) in [5.41, 5.74) is 2.14. The molecule has 0 radical (unpaired) electrons. The Morgan fingerprint density at radius 1 is 1.20 bits per heavy atom. The molecule has 1 unspecified atom stereocenters. The third kappa shape index (κ3) is 3.42. The van der Waals surface area contributed by atoms with Crippen LogP contribution in [0.2, 0.25) is 0 Å². The molecule has 4 heteroatoms. The van der Waals surface area contributed by atoms with Gasteiger partial charge in [-0.15, -0.1) is 0 Å². The van der Waals surface area contributed by atoms with E-state index in [1.807, 2.05) is 30.3 Å². The van der Waals surface area contributed by atoms with Crippen molar-refractivity contribution in [1.29, 1.82) is 0 Å². The van der Waals surface area contributed by atoms with E-state index in [2.05, 4.69) is 4.98 Å². The van der Waals surface area contributed by atoms with Crippen molar-refractivity contribution in [2.45, 2.75) is 12.5 Å². The second kappa shape index (κ2) is 6.30. The lowest BCUT2D eigenvalue weighted by atomic mass is 10.0. The zero-order valence-corrected chi connectivity index (χ0v) is 11.7. The van der Waals surface area contributed by atoms with E-state index in [0.29, 0.717) is 17.7 Å². The maximum absolute atomic E-state index is 11.7. The molecule has 0 fully saturated rings. The molecule has 20 heavy (non-hydrogen) atoms. The molecular weight excluding hydrogens is 252 g/mol. The Labute approximate surface area is 118 Å². The minimum atomic E-state index is -0.666. The van der Waals surface area contributed by atoms with E-state index in [-0.39, 0.29) is 5.91 Å². The molecule has 1 aromatic heterocycles. The van der Waals surface area contributed by atoms with Crippen LogP contribution in [0, 0.1) is 0 Å². The van der Waals surface area contributed by atoms with Crippen LogP contribution in [0.3, 0.4) is 0 Å². The third-order valence-corrected chi connectivity index (χ3v) is 3.05. The topological polar surface area (TPSA) is 53.4 Å². The Hall–Kier alpha value is -2.20. The summed E-state index contributed by atoms with van der Waals surface area (Å²) in [6.45, 7) is 0. The first-order valence-electron chi connectivity index (χ1n) is 6.47. The molecule has 1 aromatic carbocycles. The van der Waals surface area contributed by atoms with Crippen molar-refractivity contribution in [2.75, 3.05) is 14.1 Å². The van der Waals surface area contributed by atoms with Crippen LogP contribution in [0.25, 0.3) is 0 Å². The molecule has 0 spiro atoms. The number of rotatable bonds is 4. The summed E-state index contributed by atoms with van der Waals surface area (Å²) < 4.78 is 0. The Morgan fingerprint density at radius 3 is 2.45 bits per heavy atom. The van der Waals surface area contributed by atoms with Crippen molar-refractivity contribution in [3.05, 3.63) is 65.5 Å². The van der Waals surface area contributed by atoms with Crippen LogP contribution < -0.4 is 0 Å². The van der Waals surface area contributed by atoms with E-state index in [1.54, 1.807) is 26.2 Å². The van der Waals surface area contributed by atoms with Crippen molar-refractivity contribution in [3.8, 4) is 0 Å². The zero-order chi connectivity index (χ0) is 14.5. The van der Waals surface area contributed by atoms with E-state index >= 15 is 0 Å². The first-order chi connectivity index (χ1) is 9.58. The summed E-state index contributed by atoms with van der Waals surface area (Å²) >= 11 is 0. The van der Waals surface area contributed by atoms with Gasteiger partial charge in [-0.1, -0.05) is 30.3 Å². The smallest absolute Gasteiger partial charge is 0.254 e. The number of carbonyl (C=O) groups excluding carboxylic acids is 1. The van der Waals surface area contributed by atoms with Crippen LogP contribution in [0.4, 0.5) is 0 Å². The van der Waals surface area contributed by atoms with E-state index in [0.717, 1.165) is 5.56 Å². The van der Waals surface area contributed by atoms with Gasteiger partial charge in [0, 0.05) is 26.7 Å². The third-order valence-electron chi connectivity index (χ3n) is 3.05. The van der Waals surface area contributed by atoms with Gasteiger partial charge in [0.2, 0.25) is 0 Å². The van der Waals surface area contributed by atoms with Gasteiger partial charge in [0.15, 0.2) is 0 Å². The summed E-state index contributed by atoms with van der Waals surface area (Å²) in [5, 5.41) is 10.2. The summed E-state index contributed by atoms with van der Waals surface area (Å²) in [5.74, 6) is -0.0957. The monoisotopic (exact) mass is 270 g/mol. The Morgan fingerprint density at radius 2 is 1.90 bits per heavy atom. The number of hydrogen-bond donors (Lipinski definition) is 1. The van der Waals surface area contributed by atoms with Crippen molar-refractivity contribution in [2.24, 2.45) is 0 Å². The van der Waals surface area contributed by atoms with Crippen molar-refractivity contribution in [3.63, 3.8) is 0 Å². The molecule has 0 aliphatic heterocycles. The van der Waals surface area contributed by atoms with Gasteiger partial charge in [-0.05, 0) is 17.7 Å². The highest BCUT2D eigenvalue weighted by Crippen LogP contribution is 2.16. The standard InChI is InChI=1S/C16H18N2O2/c1-18(2)16(20)13-8-9-14(17-11-13)15(19)10-12-6-4-3-5-7-12/h3-9,11,15,19H,10H2,1-2H3. The lowest BCUT2D eigenvalue weighted by Crippen LogP contribution is -2.21. The van der Waals surface area contributed by atoms with Gasteiger partial charge in [0.1, 0.15) is 0 Å². The van der Waals surface area contributed by atoms with Crippen LogP contribution in [-0.2, 0) is 6.42 Å². The first kappa shape index (κ1) is 14.2. The Kier molecular flexibility index (Phi) is 4.48. The molecule has 0 saturated carbocycles. The predicted molar refractivity (Wildman–Crippen MR) is 77.4 cm³/mol. The van der Waals surface area contributed by atoms with Crippen LogP contribution in [0.15, 0.2) is 48.7 Å². The summed E-state index contributed by atoms with van der Waals surface area (Å²) in [6.07, 6.45) is 1.35. The Bertz CT molecular complexity index is 565. The van der Waals surface area contributed by atoms with Crippen LogP contribution in [0.1, 0.15) is 27.7 Å².